The molecule has 2 N–H and O–H groups in total. The second-order valence-electron chi connectivity index (χ2n) is 6.54. The summed E-state index contributed by atoms with van der Waals surface area (Å²) in [5.41, 5.74) is 1.68. The molecule has 0 saturated heterocycles. The van der Waals surface area contributed by atoms with E-state index < -0.39 is 11.7 Å². The van der Waals surface area contributed by atoms with Gasteiger partial charge in [-0.05, 0) is 25.8 Å². The zero-order chi connectivity index (χ0) is 19.0. The van der Waals surface area contributed by atoms with Crippen LogP contribution in [-0.4, -0.2) is 45.1 Å². The predicted molar refractivity (Wildman–Crippen MR) is 101 cm³/mol. The summed E-state index contributed by atoms with van der Waals surface area (Å²) in [7, 11) is 1.93. The largest absolute Gasteiger partial charge is 0.379 e. The molecule has 3 aromatic heterocycles. The molecule has 3 aromatic rings. The van der Waals surface area contributed by atoms with Crippen LogP contribution in [0.2, 0.25) is 0 Å². The Kier molecular flexibility index (Phi) is 4.35. The number of pyridine rings is 1. The number of nitrogens with one attached hydrogen (secondary N) is 2. The SMILES string of the molecule is CCN(C)c1cc(NC2CC2)c2ncc(C(=O)Nc3ccncc3F)n2n1. The smallest absolute Gasteiger partial charge is 0.276 e. The summed E-state index contributed by atoms with van der Waals surface area (Å²) in [6, 6.07) is 3.77. The molecule has 0 spiro atoms. The Morgan fingerprint density at radius 2 is 2.19 bits per heavy atom. The molecule has 8 nitrogen and oxygen atoms in total. The van der Waals surface area contributed by atoms with E-state index in [1.807, 2.05) is 24.9 Å². The number of carbonyl (C=O) groups excluding carboxylic acids is 1. The Bertz CT molecular complexity index is 999. The van der Waals surface area contributed by atoms with Crippen molar-refractivity contribution in [2.45, 2.75) is 25.8 Å². The summed E-state index contributed by atoms with van der Waals surface area (Å²) in [6.45, 7) is 2.79. The number of rotatable bonds is 6. The Labute approximate surface area is 155 Å². The second kappa shape index (κ2) is 6.82. The summed E-state index contributed by atoms with van der Waals surface area (Å²) < 4.78 is 15.3. The van der Waals surface area contributed by atoms with Crippen molar-refractivity contribution in [1.82, 2.24) is 19.6 Å². The Hall–Kier alpha value is -3.23. The van der Waals surface area contributed by atoms with Crippen LogP contribution in [0.1, 0.15) is 30.3 Å². The van der Waals surface area contributed by atoms with Crippen LogP contribution in [0.15, 0.2) is 30.7 Å². The van der Waals surface area contributed by atoms with Gasteiger partial charge in [-0.15, -0.1) is 5.10 Å². The number of amides is 1. The van der Waals surface area contributed by atoms with E-state index in [9.17, 15) is 9.18 Å². The van der Waals surface area contributed by atoms with Gasteiger partial charge in [0.25, 0.3) is 5.91 Å². The molecule has 0 bridgehead atoms. The van der Waals surface area contributed by atoms with Crippen LogP contribution in [0, 0.1) is 5.82 Å². The van der Waals surface area contributed by atoms with Crippen LogP contribution in [-0.2, 0) is 0 Å². The molecule has 27 heavy (non-hydrogen) atoms. The number of halogens is 1. The van der Waals surface area contributed by atoms with Gasteiger partial charge in [-0.1, -0.05) is 0 Å². The molecule has 140 valence electrons. The monoisotopic (exact) mass is 369 g/mol. The van der Waals surface area contributed by atoms with Gasteiger partial charge in [0.2, 0.25) is 0 Å². The average molecular weight is 369 g/mol. The van der Waals surface area contributed by atoms with Crippen molar-refractivity contribution in [3.63, 3.8) is 0 Å². The molecular formula is C18H20FN7O. The number of hydrogen-bond donors (Lipinski definition) is 2. The summed E-state index contributed by atoms with van der Waals surface area (Å²) in [6.07, 6.45) is 6.14. The maximum absolute atomic E-state index is 13.8. The average Bonchev–Trinajstić information content (AvgIpc) is 3.38. The third-order valence-corrected chi connectivity index (χ3v) is 4.51. The highest BCUT2D eigenvalue weighted by Crippen LogP contribution is 2.29. The Balaban J connectivity index is 1.74. The summed E-state index contributed by atoms with van der Waals surface area (Å²) in [5.74, 6) is -0.376. The van der Waals surface area contributed by atoms with Crippen molar-refractivity contribution in [2.24, 2.45) is 0 Å². The number of carbonyl (C=O) groups is 1. The maximum Gasteiger partial charge on any atom is 0.276 e. The third-order valence-electron chi connectivity index (χ3n) is 4.51. The molecule has 0 radical (unpaired) electrons. The third kappa shape index (κ3) is 3.40. The molecule has 1 saturated carbocycles. The Morgan fingerprint density at radius 1 is 1.37 bits per heavy atom. The number of fused-ring (bicyclic) bond motifs is 1. The normalized spacial score (nSPS) is 13.6. The van der Waals surface area contributed by atoms with Gasteiger partial charge >= 0.3 is 0 Å². The first kappa shape index (κ1) is 17.2. The minimum atomic E-state index is -0.602. The van der Waals surface area contributed by atoms with Crippen LogP contribution in [0.25, 0.3) is 5.65 Å². The summed E-state index contributed by atoms with van der Waals surface area (Å²) in [5, 5.41) is 10.5. The topological polar surface area (TPSA) is 87.5 Å². The van der Waals surface area contributed by atoms with Gasteiger partial charge in [-0.3, -0.25) is 9.78 Å². The van der Waals surface area contributed by atoms with Crippen LogP contribution >= 0.6 is 0 Å². The lowest BCUT2D eigenvalue weighted by Crippen LogP contribution is -2.21. The molecular weight excluding hydrogens is 349 g/mol. The molecule has 0 atom stereocenters. The molecule has 1 amide bonds. The minimum absolute atomic E-state index is 0.0584. The van der Waals surface area contributed by atoms with Gasteiger partial charge < -0.3 is 15.5 Å². The molecule has 1 fully saturated rings. The van der Waals surface area contributed by atoms with Gasteiger partial charge in [0.05, 0.1) is 23.8 Å². The lowest BCUT2D eigenvalue weighted by Gasteiger charge is -2.18. The highest BCUT2D eigenvalue weighted by Gasteiger charge is 2.24. The predicted octanol–water partition coefficient (Wildman–Crippen LogP) is 2.55. The standard InChI is InChI=1S/C18H20FN7O/c1-3-25(2)16-8-14(22-11-4-5-11)17-21-10-15(26(17)24-16)18(27)23-13-6-7-20-9-12(13)19/h6-11,22H,3-5H2,1-2H3,(H,20,23,27). The highest BCUT2D eigenvalue weighted by atomic mass is 19.1. The fourth-order valence-corrected chi connectivity index (χ4v) is 2.68. The van der Waals surface area contributed by atoms with Crippen LogP contribution in [0.4, 0.5) is 21.6 Å². The molecule has 4 rings (SSSR count). The number of imidazole rings is 1. The van der Waals surface area contributed by atoms with Crippen LogP contribution < -0.4 is 15.5 Å². The van der Waals surface area contributed by atoms with E-state index >= 15 is 0 Å². The maximum atomic E-state index is 13.8. The molecule has 0 aliphatic heterocycles. The van der Waals surface area contributed by atoms with E-state index in [1.165, 1.54) is 23.0 Å². The van der Waals surface area contributed by atoms with E-state index in [4.69, 9.17) is 0 Å². The molecule has 0 aromatic carbocycles. The van der Waals surface area contributed by atoms with Gasteiger partial charge in [-0.2, -0.15) is 0 Å². The number of anilines is 3. The first-order valence-electron chi connectivity index (χ1n) is 8.84. The minimum Gasteiger partial charge on any atom is -0.379 e. The van der Waals surface area contributed by atoms with E-state index in [-0.39, 0.29) is 11.4 Å². The number of nitrogens with zero attached hydrogens (tertiary/aromatic N) is 5. The molecule has 9 heteroatoms. The molecule has 1 aliphatic carbocycles. The highest BCUT2D eigenvalue weighted by molar-refractivity contribution is 6.03. The number of aromatic nitrogens is 4. The van der Waals surface area contributed by atoms with E-state index in [0.717, 1.165) is 37.1 Å². The Morgan fingerprint density at radius 3 is 2.89 bits per heavy atom. The van der Waals surface area contributed by atoms with Gasteiger partial charge in [-0.25, -0.2) is 13.9 Å². The number of hydrogen-bond acceptors (Lipinski definition) is 6. The summed E-state index contributed by atoms with van der Waals surface area (Å²) >= 11 is 0. The van der Waals surface area contributed by atoms with Crippen molar-refractivity contribution in [2.75, 3.05) is 29.1 Å². The lowest BCUT2D eigenvalue weighted by molar-refractivity contribution is 0.102. The van der Waals surface area contributed by atoms with Crippen molar-refractivity contribution in [3.8, 4) is 0 Å². The molecule has 1 aliphatic rings. The van der Waals surface area contributed by atoms with E-state index in [0.29, 0.717) is 11.7 Å². The van der Waals surface area contributed by atoms with E-state index in [2.05, 4.69) is 25.7 Å². The fourth-order valence-electron chi connectivity index (χ4n) is 2.68. The first-order chi connectivity index (χ1) is 13.1. The van der Waals surface area contributed by atoms with Crippen molar-refractivity contribution in [3.05, 3.63) is 42.2 Å². The van der Waals surface area contributed by atoms with Crippen LogP contribution in [0.5, 0.6) is 0 Å². The zero-order valence-electron chi connectivity index (χ0n) is 15.1. The van der Waals surface area contributed by atoms with Gasteiger partial charge in [0, 0.05) is 31.9 Å². The lowest BCUT2D eigenvalue weighted by atomic mass is 10.3. The van der Waals surface area contributed by atoms with Crippen LogP contribution in [0.3, 0.4) is 0 Å². The quantitative estimate of drug-likeness (QED) is 0.694. The van der Waals surface area contributed by atoms with Gasteiger partial charge in [0.1, 0.15) is 0 Å². The van der Waals surface area contributed by atoms with Crippen molar-refractivity contribution in [1.29, 1.82) is 0 Å². The molecule has 0 unspecified atom stereocenters. The van der Waals surface area contributed by atoms with Crippen molar-refractivity contribution >= 4 is 28.7 Å². The van der Waals surface area contributed by atoms with Gasteiger partial charge in [0.15, 0.2) is 23.0 Å². The fraction of sp³-hybridized carbons (Fsp3) is 0.333. The zero-order valence-corrected chi connectivity index (χ0v) is 15.1. The van der Waals surface area contributed by atoms with E-state index in [1.54, 1.807) is 0 Å². The summed E-state index contributed by atoms with van der Waals surface area (Å²) in [4.78, 5) is 22.7. The molecule has 3 heterocycles. The van der Waals surface area contributed by atoms with Crippen molar-refractivity contribution < 1.29 is 9.18 Å². The second-order valence-corrected chi connectivity index (χ2v) is 6.54. The first-order valence-corrected chi connectivity index (χ1v) is 8.84.